The monoisotopic (exact) mass is 190 g/mol. The van der Waals surface area contributed by atoms with E-state index in [0.717, 1.165) is 12.1 Å². The van der Waals surface area contributed by atoms with Crippen molar-refractivity contribution >= 4 is 0 Å². The number of hydrogen-bond acceptors (Lipinski definition) is 3. The van der Waals surface area contributed by atoms with Crippen molar-refractivity contribution in [3.05, 3.63) is 30.3 Å². The van der Waals surface area contributed by atoms with E-state index >= 15 is 0 Å². The lowest BCUT2D eigenvalue weighted by molar-refractivity contribution is 0.553. The van der Waals surface area contributed by atoms with Gasteiger partial charge in [-0.25, -0.2) is 0 Å². The maximum absolute atomic E-state index is 4.19. The summed E-state index contributed by atoms with van der Waals surface area (Å²) in [7, 11) is 0. The van der Waals surface area contributed by atoms with Gasteiger partial charge in [0.25, 0.3) is 0 Å². The van der Waals surface area contributed by atoms with E-state index in [0.29, 0.717) is 5.82 Å². The van der Waals surface area contributed by atoms with Gasteiger partial charge in [0, 0.05) is 5.56 Å². The van der Waals surface area contributed by atoms with Crippen LogP contribution < -0.4 is 0 Å². The highest BCUT2D eigenvalue weighted by Gasteiger charge is 2.02. The Kier molecular flexibility index (Phi) is 3.34. The average molecular weight is 190 g/mol. The van der Waals surface area contributed by atoms with Crippen LogP contribution in [0.25, 0.3) is 11.4 Å². The minimum atomic E-state index is 0. The lowest BCUT2D eigenvalue weighted by atomic mass is 10.2. The van der Waals surface area contributed by atoms with Crippen molar-refractivity contribution < 1.29 is 0 Å². The number of hydrogen-bond donors (Lipinski definition) is 0. The first-order valence-electron chi connectivity index (χ1n) is 4.23. The van der Waals surface area contributed by atoms with E-state index in [2.05, 4.69) is 15.4 Å². The highest BCUT2D eigenvalue weighted by Crippen LogP contribution is 2.11. The van der Waals surface area contributed by atoms with Crippen molar-refractivity contribution in [3.8, 4) is 11.4 Å². The maximum Gasteiger partial charge on any atom is 0.204 e. The Morgan fingerprint density at radius 1 is 1.21 bits per heavy atom. The molecule has 0 spiro atoms. The van der Waals surface area contributed by atoms with Crippen LogP contribution >= 0.6 is 0 Å². The number of nitrogens with zero attached hydrogens (tertiary/aromatic N) is 4. The number of aryl methyl sites for hydroxylation is 1. The molecule has 0 N–H and O–H groups in total. The van der Waals surface area contributed by atoms with Crippen LogP contribution in [0.5, 0.6) is 0 Å². The fourth-order valence-corrected chi connectivity index (χ4v) is 1.08. The van der Waals surface area contributed by atoms with Crippen molar-refractivity contribution in [2.45, 2.75) is 20.9 Å². The molecule has 0 amide bonds. The van der Waals surface area contributed by atoms with E-state index in [1.54, 1.807) is 4.80 Å². The van der Waals surface area contributed by atoms with Gasteiger partial charge < -0.3 is 0 Å². The predicted molar refractivity (Wildman–Crippen MR) is 55.7 cm³/mol. The summed E-state index contributed by atoms with van der Waals surface area (Å²) in [4.78, 5) is 1.57. The molecule has 14 heavy (non-hydrogen) atoms. The summed E-state index contributed by atoms with van der Waals surface area (Å²) in [6.07, 6.45) is 0. The van der Waals surface area contributed by atoms with Crippen LogP contribution in [0.2, 0.25) is 0 Å². The third-order valence-corrected chi connectivity index (χ3v) is 1.77. The number of benzene rings is 1. The maximum atomic E-state index is 4.19. The molecule has 1 aromatic heterocycles. The smallest absolute Gasteiger partial charge is 0.164 e. The number of aromatic nitrogens is 4. The van der Waals surface area contributed by atoms with E-state index < -0.39 is 0 Å². The van der Waals surface area contributed by atoms with E-state index in [1.165, 1.54) is 0 Å². The quantitative estimate of drug-likeness (QED) is 0.727. The van der Waals surface area contributed by atoms with Gasteiger partial charge in [-0.05, 0) is 12.1 Å². The van der Waals surface area contributed by atoms with Gasteiger partial charge >= 0.3 is 0 Å². The number of tetrazole rings is 1. The Balaban J connectivity index is 0.000000980. The summed E-state index contributed by atoms with van der Waals surface area (Å²) in [5.74, 6) is 0.683. The standard InChI is InChI=1S/C9H10N4.CH4/c1-2-13-11-9(10-12-13)8-6-4-3-5-7-8;/h3-7H,2H2,1H3;1H4. The van der Waals surface area contributed by atoms with Gasteiger partial charge in [-0.15, -0.1) is 10.2 Å². The van der Waals surface area contributed by atoms with Crippen LogP contribution in [-0.2, 0) is 6.54 Å². The Hall–Kier alpha value is -1.71. The second kappa shape index (κ2) is 4.50. The van der Waals surface area contributed by atoms with Gasteiger partial charge in [0.2, 0.25) is 5.82 Å². The molecule has 0 aliphatic rings. The van der Waals surface area contributed by atoms with Gasteiger partial charge in [0.1, 0.15) is 0 Å². The molecule has 0 radical (unpaired) electrons. The van der Waals surface area contributed by atoms with Crippen LogP contribution in [0, 0.1) is 0 Å². The third kappa shape index (κ3) is 1.96. The molecule has 2 rings (SSSR count). The molecule has 0 fully saturated rings. The first-order valence-corrected chi connectivity index (χ1v) is 4.23. The molecule has 0 atom stereocenters. The molecule has 0 saturated heterocycles. The molecular formula is C10H14N4. The normalized spacial score (nSPS) is 9.50. The minimum absolute atomic E-state index is 0. The van der Waals surface area contributed by atoms with Crippen LogP contribution in [0.3, 0.4) is 0 Å². The fraction of sp³-hybridized carbons (Fsp3) is 0.300. The van der Waals surface area contributed by atoms with Gasteiger partial charge in [-0.2, -0.15) is 4.80 Å². The first kappa shape index (κ1) is 10.4. The van der Waals surface area contributed by atoms with Gasteiger partial charge in [-0.1, -0.05) is 37.8 Å². The summed E-state index contributed by atoms with van der Waals surface area (Å²) in [5.41, 5.74) is 1.00. The molecule has 0 unspecified atom stereocenters. The lowest BCUT2D eigenvalue weighted by Crippen LogP contribution is -1.98. The minimum Gasteiger partial charge on any atom is -0.164 e. The molecule has 1 aromatic carbocycles. The predicted octanol–water partition coefficient (Wildman–Crippen LogP) is 2.00. The van der Waals surface area contributed by atoms with Crippen molar-refractivity contribution in [1.82, 2.24) is 20.2 Å². The van der Waals surface area contributed by atoms with E-state index in [1.807, 2.05) is 37.3 Å². The molecule has 4 heteroatoms. The molecule has 0 bridgehead atoms. The molecule has 4 nitrogen and oxygen atoms in total. The Morgan fingerprint density at radius 3 is 2.50 bits per heavy atom. The highest BCUT2D eigenvalue weighted by molar-refractivity contribution is 5.52. The highest BCUT2D eigenvalue weighted by atomic mass is 15.6. The SMILES string of the molecule is C.CCn1nnc(-c2ccccc2)n1. The Labute approximate surface area is 83.6 Å². The lowest BCUT2D eigenvalue weighted by Gasteiger charge is -1.91. The molecule has 0 aliphatic carbocycles. The average Bonchev–Trinajstić information content (AvgIpc) is 2.67. The Morgan fingerprint density at radius 2 is 1.93 bits per heavy atom. The molecule has 74 valence electrons. The van der Waals surface area contributed by atoms with E-state index in [9.17, 15) is 0 Å². The first-order chi connectivity index (χ1) is 6.40. The molecule has 0 saturated carbocycles. The zero-order valence-electron chi connectivity index (χ0n) is 7.38. The van der Waals surface area contributed by atoms with Crippen molar-refractivity contribution in [1.29, 1.82) is 0 Å². The summed E-state index contributed by atoms with van der Waals surface area (Å²) < 4.78 is 0. The molecule has 1 heterocycles. The summed E-state index contributed by atoms with van der Waals surface area (Å²) >= 11 is 0. The van der Waals surface area contributed by atoms with Crippen molar-refractivity contribution in [2.75, 3.05) is 0 Å². The zero-order chi connectivity index (χ0) is 9.10. The largest absolute Gasteiger partial charge is 0.204 e. The van der Waals surface area contributed by atoms with Gasteiger partial charge in [-0.3, -0.25) is 0 Å². The Bertz CT molecular complexity index is 380. The van der Waals surface area contributed by atoms with Crippen molar-refractivity contribution in [3.63, 3.8) is 0 Å². The summed E-state index contributed by atoms with van der Waals surface area (Å²) in [6, 6.07) is 9.83. The summed E-state index contributed by atoms with van der Waals surface area (Å²) in [6.45, 7) is 2.73. The second-order valence-corrected chi connectivity index (χ2v) is 2.67. The van der Waals surface area contributed by atoms with Crippen LogP contribution in [0.4, 0.5) is 0 Å². The van der Waals surface area contributed by atoms with Crippen LogP contribution in [-0.4, -0.2) is 20.2 Å². The van der Waals surface area contributed by atoms with Crippen LogP contribution in [0.1, 0.15) is 14.4 Å². The number of rotatable bonds is 2. The fourth-order valence-electron chi connectivity index (χ4n) is 1.08. The zero-order valence-corrected chi connectivity index (χ0v) is 7.38. The van der Waals surface area contributed by atoms with Gasteiger partial charge in [0.05, 0.1) is 6.54 Å². The molecule has 0 aliphatic heterocycles. The second-order valence-electron chi connectivity index (χ2n) is 2.67. The summed E-state index contributed by atoms with van der Waals surface area (Å²) in [5, 5.41) is 12.0. The van der Waals surface area contributed by atoms with Crippen LogP contribution in [0.15, 0.2) is 30.3 Å². The van der Waals surface area contributed by atoms with Gasteiger partial charge in [0.15, 0.2) is 0 Å². The topological polar surface area (TPSA) is 43.6 Å². The van der Waals surface area contributed by atoms with E-state index in [-0.39, 0.29) is 7.43 Å². The molecular weight excluding hydrogens is 176 g/mol. The molecule has 2 aromatic rings. The van der Waals surface area contributed by atoms with Crippen molar-refractivity contribution in [2.24, 2.45) is 0 Å². The third-order valence-electron chi connectivity index (χ3n) is 1.77. The van der Waals surface area contributed by atoms with E-state index in [4.69, 9.17) is 0 Å².